The van der Waals surface area contributed by atoms with E-state index < -0.39 is 0 Å². The molecular formula is C24H37ClN6O2. The minimum Gasteiger partial charge on any atom is -0.497 e. The maximum atomic E-state index is 5.87. The largest absolute Gasteiger partial charge is 0.497 e. The maximum absolute atomic E-state index is 5.87. The molecule has 0 N–H and O–H groups in total. The van der Waals surface area contributed by atoms with Crippen molar-refractivity contribution in [2.45, 2.75) is 69.7 Å². The van der Waals surface area contributed by atoms with Gasteiger partial charge in [0.1, 0.15) is 5.75 Å². The lowest BCUT2D eigenvalue weighted by Gasteiger charge is -2.43. The van der Waals surface area contributed by atoms with Crippen LogP contribution in [0.2, 0.25) is 0 Å². The van der Waals surface area contributed by atoms with E-state index in [0.717, 1.165) is 69.8 Å². The highest BCUT2D eigenvalue weighted by Gasteiger charge is 2.33. The number of nitrogens with zero attached hydrogens (tertiary/aromatic N) is 6. The van der Waals surface area contributed by atoms with Crippen LogP contribution in [0, 0.1) is 0 Å². The second kappa shape index (κ2) is 11.6. The normalized spacial score (nSPS) is 23.8. The first-order chi connectivity index (χ1) is 15.8. The number of aromatic nitrogens is 4. The Morgan fingerprint density at radius 1 is 1.00 bits per heavy atom. The molecule has 33 heavy (non-hydrogen) atoms. The third-order valence-corrected chi connectivity index (χ3v) is 7.44. The molecule has 0 amide bonds. The quantitative estimate of drug-likeness (QED) is 0.607. The molecule has 0 bridgehead atoms. The topological polar surface area (TPSA) is 68.5 Å². The molecule has 2 aromatic rings. The van der Waals surface area contributed by atoms with E-state index in [1.165, 1.54) is 37.7 Å². The van der Waals surface area contributed by atoms with E-state index in [1.54, 1.807) is 7.11 Å². The van der Waals surface area contributed by atoms with Crippen LogP contribution >= 0.6 is 12.4 Å². The van der Waals surface area contributed by atoms with Gasteiger partial charge in [0, 0.05) is 38.8 Å². The molecule has 2 unspecified atom stereocenters. The van der Waals surface area contributed by atoms with Crippen molar-refractivity contribution in [1.82, 2.24) is 30.0 Å². The Morgan fingerprint density at radius 2 is 1.76 bits per heavy atom. The lowest BCUT2D eigenvalue weighted by atomic mass is 9.93. The molecule has 1 aliphatic carbocycles. The summed E-state index contributed by atoms with van der Waals surface area (Å²) in [5.41, 5.74) is 1.21. The predicted octanol–water partition coefficient (Wildman–Crippen LogP) is 3.32. The summed E-state index contributed by atoms with van der Waals surface area (Å²) >= 11 is 0. The zero-order valence-corrected chi connectivity index (χ0v) is 20.5. The van der Waals surface area contributed by atoms with E-state index >= 15 is 0 Å². The first-order valence-electron chi connectivity index (χ1n) is 12.3. The van der Waals surface area contributed by atoms with Crippen LogP contribution < -0.4 is 4.74 Å². The van der Waals surface area contributed by atoms with Gasteiger partial charge < -0.3 is 9.47 Å². The maximum Gasteiger partial charge on any atom is 0.173 e. The molecule has 3 aliphatic rings. The molecule has 8 nitrogen and oxygen atoms in total. The minimum absolute atomic E-state index is 0. The Labute approximate surface area is 203 Å². The van der Waals surface area contributed by atoms with Crippen molar-refractivity contribution < 1.29 is 9.47 Å². The van der Waals surface area contributed by atoms with Gasteiger partial charge in [-0.15, -0.1) is 17.5 Å². The summed E-state index contributed by atoms with van der Waals surface area (Å²) in [6, 6.07) is 9.19. The lowest BCUT2D eigenvalue weighted by Crippen LogP contribution is -2.52. The van der Waals surface area contributed by atoms with Crippen molar-refractivity contribution in [2.75, 3.05) is 39.9 Å². The highest BCUT2D eigenvalue weighted by Crippen LogP contribution is 2.31. The number of halogens is 1. The number of benzene rings is 1. The SMILES string of the molecule is COc1ccc(C(c2nnnn2CC2CCCO2)N2CCN(C3CCCCC3)CC2)cc1.Cl. The molecule has 1 saturated carbocycles. The smallest absolute Gasteiger partial charge is 0.173 e. The number of ether oxygens (including phenoxy) is 2. The zero-order chi connectivity index (χ0) is 21.8. The third-order valence-electron chi connectivity index (χ3n) is 7.44. The van der Waals surface area contributed by atoms with Gasteiger partial charge >= 0.3 is 0 Å². The van der Waals surface area contributed by atoms with Gasteiger partial charge in [0.2, 0.25) is 0 Å². The number of hydrogen-bond acceptors (Lipinski definition) is 7. The fourth-order valence-corrected chi connectivity index (χ4v) is 5.63. The average molecular weight is 477 g/mol. The summed E-state index contributed by atoms with van der Waals surface area (Å²) in [6.07, 6.45) is 9.30. The first kappa shape index (κ1) is 24.4. The Kier molecular flexibility index (Phi) is 8.57. The summed E-state index contributed by atoms with van der Waals surface area (Å²) in [6.45, 7) is 5.85. The average Bonchev–Trinajstić information content (AvgIpc) is 3.54. The van der Waals surface area contributed by atoms with Crippen molar-refractivity contribution in [3.63, 3.8) is 0 Å². The van der Waals surface area contributed by atoms with Gasteiger partial charge in [-0.25, -0.2) is 4.68 Å². The molecule has 9 heteroatoms. The molecule has 2 aliphatic heterocycles. The van der Waals surface area contributed by atoms with Crippen molar-refractivity contribution in [3.05, 3.63) is 35.7 Å². The van der Waals surface area contributed by atoms with E-state index in [2.05, 4.69) is 37.5 Å². The fourth-order valence-electron chi connectivity index (χ4n) is 5.63. The Bertz CT molecular complexity index is 843. The highest BCUT2D eigenvalue weighted by molar-refractivity contribution is 5.85. The summed E-state index contributed by atoms with van der Waals surface area (Å²) in [4.78, 5) is 5.27. The van der Waals surface area contributed by atoms with E-state index in [4.69, 9.17) is 9.47 Å². The summed E-state index contributed by atoms with van der Waals surface area (Å²) in [5, 5.41) is 13.0. The van der Waals surface area contributed by atoms with Crippen LogP contribution in [0.15, 0.2) is 24.3 Å². The van der Waals surface area contributed by atoms with Crippen molar-refractivity contribution in [1.29, 1.82) is 0 Å². The number of methoxy groups -OCH3 is 1. The number of piperazine rings is 1. The fraction of sp³-hybridized carbons (Fsp3) is 0.708. The second-order valence-corrected chi connectivity index (χ2v) is 9.39. The Hall–Kier alpha value is -1.74. The molecule has 182 valence electrons. The molecule has 1 aromatic carbocycles. The van der Waals surface area contributed by atoms with Crippen molar-refractivity contribution >= 4 is 12.4 Å². The minimum atomic E-state index is 0. The van der Waals surface area contributed by atoms with E-state index in [9.17, 15) is 0 Å². The standard InChI is InChI=1S/C24H36N6O2.ClH/c1-31-21-11-9-19(10-12-21)23(24-25-26-27-30(24)18-22-8-5-17-32-22)29-15-13-28(14-16-29)20-6-3-2-4-7-20;/h9-12,20,22-23H,2-8,13-18H2,1H3;1H. The summed E-state index contributed by atoms with van der Waals surface area (Å²) < 4.78 is 13.2. The molecule has 5 rings (SSSR count). The van der Waals surface area contributed by atoms with Crippen LogP contribution in [0.3, 0.4) is 0 Å². The van der Waals surface area contributed by atoms with Crippen molar-refractivity contribution in [3.8, 4) is 5.75 Å². The van der Waals surface area contributed by atoms with Crippen LogP contribution in [-0.4, -0.2) is 82.0 Å². The first-order valence-corrected chi connectivity index (χ1v) is 12.3. The lowest BCUT2D eigenvalue weighted by molar-refractivity contribution is 0.0595. The summed E-state index contributed by atoms with van der Waals surface area (Å²) in [7, 11) is 1.71. The van der Waals surface area contributed by atoms with Gasteiger partial charge in [0.25, 0.3) is 0 Å². The third kappa shape index (κ3) is 5.67. The van der Waals surface area contributed by atoms with E-state index in [0.29, 0.717) is 0 Å². The number of rotatable bonds is 7. The van der Waals surface area contributed by atoms with Gasteiger partial charge in [-0.05, 0) is 53.8 Å². The molecule has 0 radical (unpaired) electrons. The Morgan fingerprint density at radius 3 is 2.42 bits per heavy atom. The van der Waals surface area contributed by atoms with Gasteiger partial charge in [-0.1, -0.05) is 31.4 Å². The number of hydrogen-bond donors (Lipinski definition) is 0. The van der Waals surface area contributed by atoms with Crippen LogP contribution in [0.5, 0.6) is 5.75 Å². The molecule has 1 aromatic heterocycles. The highest BCUT2D eigenvalue weighted by atomic mass is 35.5. The number of tetrazole rings is 1. The van der Waals surface area contributed by atoms with Gasteiger partial charge in [0.15, 0.2) is 5.82 Å². The van der Waals surface area contributed by atoms with E-state index in [-0.39, 0.29) is 24.6 Å². The van der Waals surface area contributed by atoms with Crippen LogP contribution in [0.4, 0.5) is 0 Å². The molecule has 3 heterocycles. The van der Waals surface area contributed by atoms with E-state index in [1.807, 2.05) is 16.8 Å². The van der Waals surface area contributed by atoms with Gasteiger partial charge in [-0.2, -0.15) is 0 Å². The summed E-state index contributed by atoms with van der Waals surface area (Å²) in [5.74, 6) is 1.78. The monoisotopic (exact) mass is 476 g/mol. The van der Waals surface area contributed by atoms with Crippen LogP contribution in [0.25, 0.3) is 0 Å². The van der Waals surface area contributed by atoms with Crippen molar-refractivity contribution in [2.24, 2.45) is 0 Å². The van der Waals surface area contributed by atoms with Gasteiger partial charge in [-0.3, -0.25) is 9.80 Å². The van der Waals surface area contributed by atoms with Crippen LogP contribution in [-0.2, 0) is 11.3 Å². The molecule has 2 saturated heterocycles. The molecule has 2 atom stereocenters. The predicted molar refractivity (Wildman–Crippen MR) is 129 cm³/mol. The van der Waals surface area contributed by atoms with Crippen LogP contribution in [0.1, 0.15) is 62.4 Å². The molecule has 0 spiro atoms. The second-order valence-electron chi connectivity index (χ2n) is 9.39. The molecular weight excluding hydrogens is 440 g/mol. The van der Waals surface area contributed by atoms with Gasteiger partial charge in [0.05, 0.1) is 25.8 Å². The molecule has 3 fully saturated rings. The Balaban J connectivity index is 0.00000259. The zero-order valence-electron chi connectivity index (χ0n) is 19.6.